The van der Waals surface area contributed by atoms with Crippen LogP contribution in [0.3, 0.4) is 0 Å². The van der Waals surface area contributed by atoms with Crippen molar-refractivity contribution in [2.24, 2.45) is 10.9 Å². The van der Waals surface area contributed by atoms with Gasteiger partial charge in [0.05, 0.1) is 22.7 Å². The Morgan fingerprint density at radius 1 is 1.19 bits per heavy atom. The van der Waals surface area contributed by atoms with E-state index in [0.717, 1.165) is 43.0 Å². The molecule has 8 nitrogen and oxygen atoms in total. The Bertz CT molecular complexity index is 1580. The second kappa shape index (κ2) is 9.34. The second-order valence-electron chi connectivity index (χ2n) is 10.1. The molecule has 0 amide bonds. The van der Waals surface area contributed by atoms with Crippen LogP contribution in [0.2, 0.25) is 5.02 Å². The zero-order valence-electron chi connectivity index (χ0n) is 21.2. The first-order valence-corrected chi connectivity index (χ1v) is 13.2. The molecular formula is C28H30ClN7O. The Morgan fingerprint density at radius 2 is 2.00 bits per heavy atom. The standard InChI is InChI=1S/C28H30ClN7O/c1-17-8-7-13-30-26-22(31-16-32-26)24(17)34-14-11-18(2)23(34)19(3)27-33-35-15-12-21(29)25(35)28(37)36(27)20-9-5-4-6-10-20/h4-6,9-10,12-13,15-16,18-19,23H,7-8,11,14H2,1-3H3,(H,31,32). The number of nitrogens with one attached hydrogen (secondary N) is 1. The van der Waals surface area contributed by atoms with Crippen molar-refractivity contribution in [1.29, 1.82) is 0 Å². The molecule has 5 heterocycles. The fourth-order valence-corrected chi connectivity index (χ4v) is 6.25. The van der Waals surface area contributed by atoms with Crippen LogP contribution >= 0.6 is 11.6 Å². The van der Waals surface area contributed by atoms with E-state index in [4.69, 9.17) is 16.7 Å². The van der Waals surface area contributed by atoms with Gasteiger partial charge < -0.3 is 9.88 Å². The first-order valence-electron chi connectivity index (χ1n) is 12.8. The first kappa shape index (κ1) is 23.7. The van der Waals surface area contributed by atoms with Crippen molar-refractivity contribution in [3.63, 3.8) is 0 Å². The van der Waals surface area contributed by atoms with E-state index in [1.54, 1.807) is 27.7 Å². The van der Waals surface area contributed by atoms with Gasteiger partial charge in [-0.25, -0.2) is 14.5 Å². The highest BCUT2D eigenvalue weighted by molar-refractivity contribution is 6.33. The highest BCUT2D eigenvalue weighted by Crippen LogP contribution is 2.42. The predicted molar refractivity (Wildman–Crippen MR) is 147 cm³/mol. The molecule has 1 fully saturated rings. The molecule has 0 radical (unpaired) electrons. The summed E-state index contributed by atoms with van der Waals surface area (Å²) in [6, 6.07) is 11.6. The Hall–Kier alpha value is -3.65. The molecule has 3 unspecified atom stereocenters. The molecule has 1 aromatic carbocycles. The van der Waals surface area contributed by atoms with Crippen molar-refractivity contribution >= 4 is 34.8 Å². The molecule has 0 spiro atoms. The van der Waals surface area contributed by atoms with E-state index in [1.807, 2.05) is 36.5 Å². The van der Waals surface area contributed by atoms with Crippen molar-refractivity contribution in [2.75, 3.05) is 6.54 Å². The van der Waals surface area contributed by atoms with E-state index >= 15 is 0 Å². The number of benzene rings is 1. The summed E-state index contributed by atoms with van der Waals surface area (Å²) >= 11 is 6.42. The molecule has 2 aliphatic heterocycles. The number of rotatable bonds is 4. The molecule has 3 atom stereocenters. The van der Waals surface area contributed by atoms with Crippen molar-refractivity contribution in [1.82, 2.24) is 29.0 Å². The Morgan fingerprint density at radius 3 is 2.81 bits per heavy atom. The number of allylic oxidation sites excluding steroid dienone is 1. The molecular weight excluding hydrogens is 486 g/mol. The van der Waals surface area contributed by atoms with E-state index in [1.165, 1.54) is 11.3 Å². The third kappa shape index (κ3) is 3.91. The lowest BCUT2D eigenvalue weighted by molar-refractivity contribution is 0.276. The molecule has 6 rings (SSSR count). The van der Waals surface area contributed by atoms with Gasteiger partial charge in [0.2, 0.25) is 0 Å². The van der Waals surface area contributed by atoms with Crippen molar-refractivity contribution in [2.45, 2.75) is 52.0 Å². The highest BCUT2D eigenvalue weighted by atomic mass is 35.5. The van der Waals surface area contributed by atoms with Crippen LogP contribution in [-0.2, 0) is 0 Å². The number of aromatic nitrogens is 5. The molecule has 3 aromatic heterocycles. The molecule has 0 aliphatic carbocycles. The topological polar surface area (TPSA) is 83.6 Å². The van der Waals surface area contributed by atoms with Gasteiger partial charge in [-0.15, -0.1) is 0 Å². The van der Waals surface area contributed by atoms with Crippen molar-refractivity contribution in [3.8, 4) is 5.69 Å². The summed E-state index contributed by atoms with van der Waals surface area (Å²) in [7, 11) is 0. The van der Waals surface area contributed by atoms with Crippen molar-refractivity contribution in [3.05, 3.63) is 81.4 Å². The maximum atomic E-state index is 13.8. The lowest BCUT2D eigenvalue weighted by atomic mass is 9.89. The van der Waals surface area contributed by atoms with Crippen LogP contribution in [0.1, 0.15) is 57.5 Å². The van der Waals surface area contributed by atoms with Gasteiger partial charge in [0.25, 0.3) is 5.56 Å². The normalized spacial score (nSPS) is 20.8. The maximum Gasteiger partial charge on any atom is 0.284 e. The number of imidazole rings is 1. The van der Waals surface area contributed by atoms with E-state index in [9.17, 15) is 4.79 Å². The van der Waals surface area contributed by atoms with Gasteiger partial charge in [-0.3, -0.25) is 9.36 Å². The Labute approximate surface area is 220 Å². The maximum absolute atomic E-state index is 13.8. The van der Waals surface area contributed by atoms with Crippen LogP contribution in [0.5, 0.6) is 0 Å². The number of H-pyrrole nitrogens is 1. The molecule has 1 saturated heterocycles. The van der Waals surface area contributed by atoms with E-state index in [-0.39, 0.29) is 17.5 Å². The average molecular weight is 516 g/mol. The third-order valence-corrected chi connectivity index (χ3v) is 8.08. The second-order valence-corrected chi connectivity index (χ2v) is 10.5. The minimum atomic E-state index is -0.165. The Balaban J connectivity index is 1.52. The van der Waals surface area contributed by atoms with Gasteiger partial charge in [0.15, 0.2) is 5.82 Å². The third-order valence-electron chi connectivity index (χ3n) is 7.77. The van der Waals surface area contributed by atoms with Crippen molar-refractivity contribution < 1.29 is 0 Å². The number of aromatic amines is 1. The SMILES string of the molecule is CC1=C(N2CCC(C)C2C(C)c2nn3ccc(Cl)c3c(=O)n2-c2ccccc2)c2[nH]cnc2N=CCC1. The molecule has 0 saturated carbocycles. The number of likely N-dealkylation sites (tertiary alicyclic amines) is 1. The summed E-state index contributed by atoms with van der Waals surface area (Å²) in [5.41, 5.74) is 4.44. The first-order chi connectivity index (χ1) is 18.0. The number of aliphatic imine (C=N–C) groups is 1. The van der Waals surface area contributed by atoms with Crippen LogP contribution < -0.4 is 5.56 Å². The summed E-state index contributed by atoms with van der Waals surface area (Å²) in [6.45, 7) is 7.60. The summed E-state index contributed by atoms with van der Waals surface area (Å²) in [6.07, 6.45) is 8.29. The minimum absolute atomic E-state index is 0.0587. The van der Waals surface area contributed by atoms with Gasteiger partial charge in [0, 0.05) is 30.9 Å². The van der Waals surface area contributed by atoms with Gasteiger partial charge >= 0.3 is 0 Å². The largest absolute Gasteiger partial charge is 0.366 e. The fraction of sp³-hybridized carbons (Fsp3) is 0.357. The van der Waals surface area contributed by atoms with E-state index in [0.29, 0.717) is 22.3 Å². The number of fused-ring (bicyclic) bond motifs is 2. The van der Waals surface area contributed by atoms with Crippen LogP contribution in [0.4, 0.5) is 5.82 Å². The number of halogens is 1. The average Bonchev–Trinajstić information content (AvgIpc) is 3.60. The smallest absolute Gasteiger partial charge is 0.284 e. The summed E-state index contributed by atoms with van der Waals surface area (Å²) in [5, 5.41) is 5.39. The zero-order valence-corrected chi connectivity index (χ0v) is 22.0. The highest BCUT2D eigenvalue weighted by Gasteiger charge is 2.40. The van der Waals surface area contributed by atoms with Crippen LogP contribution in [0.15, 0.2) is 64.3 Å². The lowest BCUT2D eigenvalue weighted by Crippen LogP contribution is -2.39. The number of hydrogen-bond acceptors (Lipinski definition) is 5. The molecule has 190 valence electrons. The molecule has 37 heavy (non-hydrogen) atoms. The summed E-state index contributed by atoms with van der Waals surface area (Å²) < 4.78 is 3.36. The van der Waals surface area contributed by atoms with Gasteiger partial charge in [-0.05, 0) is 55.9 Å². The van der Waals surface area contributed by atoms with E-state index < -0.39 is 0 Å². The molecule has 0 bridgehead atoms. The van der Waals surface area contributed by atoms with E-state index in [2.05, 4.69) is 40.6 Å². The predicted octanol–water partition coefficient (Wildman–Crippen LogP) is 5.60. The number of nitrogens with zero attached hydrogens (tertiary/aromatic N) is 6. The van der Waals surface area contributed by atoms with Crippen LogP contribution in [0, 0.1) is 5.92 Å². The number of para-hydroxylation sites is 1. The summed E-state index contributed by atoms with van der Waals surface area (Å²) in [4.78, 5) is 28.8. The fourth-order valence-electron chi connectivity index (χ4n) is 6.03. The molecule has 1 N–H and O–H groups in total. The van der Waals surface area contributed by atoms with Crippen LogP contribution in [-0.4, -0.2) is 47.9 Å². The molecule has 4 aromatic rings. The summed E-state index contributed by atoms with van der Waals surface area (Å²) in [5.74, 6) is 1.77. The quantitative estimate of drug-likeness (QED) is 0.383. The van der Waals surface area contributed by atoms with Crippen LogP contribution in [0.25, 0.3) is 16.9 Å². The monoisotopic (exact) mass is 515 g/mol. The minimum Gasteiger partial charge on any atom is -0.366 e. The van der Waals surface area contributed by atoms with Gasteiger partial charge in [-0.1, -0.05) is 43.6 Å². The number of hydrogen-bond donors (Lipinski definition) is 1. The zero-order chi connectivity index (χ0) is 25.7. The molecule has 2 aliphatic rings. The van der Waals surface area contributed by atoms with Gasteiger partial charge in [-0.2, -0.15) is 5.10 Å². The Kier molecular flexibility index (Phi) is 5.99. The lowest BCUT2D eigenvalue weighted by Gasteiger charge is -2.36. The molecule has 9 heteroatoms. The van der Waals surface area contributed by atoms with Gasteiger partial charge in [0.1, 0.15) is 17.0 Å².